The maximum atomic E-state index is 12.7. The minimum Gasteiger partial charge on any atom is -0.337 e. The summed E-state index contributed by atoms with van der Waals surface area (Å²) in [6, 6.07) is 3.74. The maximum absolute atomic E-state index is 12.7. The van der Waals surface area contributed by atoms with Crippen LogP contribution in [0.4, 0.5) is 13.2 Å². The number of fused-ring (bicyclic) bond motifs is 1. The highest BCUT2D eigenvalue weighted by Crippen LogP contribution is 2.33. The molecule has 130 valence electrons. The second-order valence-electron chi connectivity index (χ2n) is 5.93. The zero-order valence-electron chi connectivity index (χ0n) is 13.2. The molecule has 2 aromatic rings. The van der Waals surface area contributed by atoms with Crippen molar-refractivity contribution in [3.05, 3.63) is 28.8 Å². The Morgan fingerprint density at radius 2 is 2.25 bits per heavy atom. The number of nitrogens with one attached hydrogen (secondary N) is 1. The molecule has 4 nitrogen and oxygen atoms in total. The number of hydrogen-bond acceptors (Lipinski definition) is 4. The number of aryl methyl sites for hydroxylation is 1. The van der Waals surface area contributed by atoms with E-state index < -0.39 is 11.7 Å². The van der Waals surface area contributed by atoms with Gasteiger partial charge in [-0.05, 0) is 25.1 Å². The molecule has 0 bridgehead atoms. The van der Waals surface area contributed by atoms with Crippen LogP contribution in [0.5, 0.6) is 0 Å². The lowest BCUT2D eigenvalue weighted by Gasteiger charge is -2.34. The molecule has 2 heterocycles. The molecule has 24 heavy (non-hydrogen) atoms. The van der Waals surface area contributed by atoms with Crippen LogP contribution in [0, 0.1) is 0 Å². The highest BCUT2D eigenvalue weighted by atomic mass is 32.1. The predicted molar refractivity (Wildman–Crippen MR) is 87.0 cm³/mol. The van der Waals surface area contributed by atoms with Gasteiger partial charge in [0.05, 0.1) is 20.8 Å². The molecule has 1 amide bonds. The van der Waals surface area contributed by atoms with Crippen molar-refractivity contribution in [2.75, 3.05) is 19.6 Å². The Kier molecular flexibility index (Phi) is 4.78. The quantitative estimate of drug-likeness (QED) is 0.918. The van der Waals surface area contributed by atoms with Crippen molar-refractivity contribution in [2.24, 2.45) is 0 Å². The number of aromatic nitrogens is 1. The first-order valence-corrected chi connectivity index (χ1v) is 8.63. The van der Waals surface area contributed by atoms with Crippen molar-refractivity contribution < 1.29 is 18.0 Å². The zero-order chi connectivity index (χ0) is 17.3. The van der Waals surface area contributed by atoms with E-state index >= 15 is 0 Å². The summed E-state index contributed by atoms with van der Waals surface area (Å²) in [6.45, 7) is 4.26. The first-order chi connectivity index (χ1) is 11.3. The first kappa shape index (κ1) is 17.2. The van der Waals surface area contributed by atoms with Gasteiger partial charge in [-0.1, -0.05) is 0 Å². The molecule has 1 atom stereocenters. The molecule has 1 aromatic carbocycles. The van der Waals surface area contributed by atoms with Gasteiger partial charge < -0.3 is 10.2 Å². The molecule has 1 N–H and O–H groups in total. The number of benzene rings is 1. The Bertz CT molecular complexity index is 744. The monoisotopic (exact) mass is 357 g/mol. The number of carbonyl (C=O) groups is 1. The first-order valence-electron chi connectivity index (χ1n) is 7.81. The van der Waals surface area contributed by atoms with Crippen molar-refractivity contribution in [3.63, 3.8) is 0 Å². The van der Waals surface area contributed by atoms with E-state index in [2.05, 4.69) is 10.3 Å². The van der Waals surface area contributed by atoms with E-state index in [9.17, 15) is 18.0 Å². The van der Waals surface area contributed by atoms with Gasteiger partial charge in [0.2, 0.25) is 5.91 Å². The summed E-state index contributed by atoms with van der Waals surface area (Å²) in [5.74, 6) is 0.0687. The number of thiazole rings is 1. The molecular weight excluding hydrogens is 339 g/mol. The molecule has 0 unspecified atom stereocenters. The fourth-order valence-electron chi connectivity index (χ4n) is 2.83. The van der Waals surface area contributed by atoms with Crippen molar-refractivity contribution in [3.8, 4) is 0 Å². The number of hydrogen-bond donors (Lipinski definition) is 1. The summed E-state index contributed by atoms with van der Waals surface area (Å²) in [5, 5.41) is 3.93. The minimum atomic E-state index is -4.37. The van der Waals surface area contributed by atoms with Gasteiger partial charge in [0, 0.05) is 38.5 Å². The summed E-state index contributed by atoms with van der Waals surface area (Å²) in [4.78, 5) is 18.4. The predicted octanol–water partition coefficient (Wildman–Crippen LogP) is 3.07. The number of piperazine rings is 1. The Balaban J connectivity index is 1.68. The third kappa shape index (κ3) is 3.70. The summed E-state index contributed by atoms with van der Waals surface area (Å²) in [6.07, 6.45) is -3.58. The molecule has 1 fully saturated rings. The van der Waals surface area contributed by atoms with E-state index in [0.717, 1.165) is 25.2 Å². The van der Waals surface area contributed by atoms with Gasteiger partial charge in [-0.25, -0.2) is 4.98 Å². The van der Waals surface area contributed by atoms with Gasteiger partial charge in [-0.15, -0.1) is 11.3 Å². The number of amides is 1. The van der Waals surface area contributed by atoms with Crippen molar-refractivity contribution in [1.82, 2.24) is 15.2 Å². The Hall–Kier alpha value is -1.67. The highest BCUT2D eigenvalue weighted by molar-refractivity contribution is 7.18. The van der Waals surface area contributed by atoms with Crippen LogP contribution in [-0.4, -0.2) is 41.5 Å². The van der Waals surface area contributed by atoms with Crippen LogP contribution in [0.15, 0.2) is 18.2 Å². The third-order valence-electron chi connectivity index (χ3n) is 4.13. The molecule has 1 aromatic heterocycles. The fraction of sp³-hybridized carbons (Fsp3) is 0.500. The molecule has 1 aliphatic rings. The van der Waals surface area contributed by atoms with Gasteiger partial charge in [-0.2, -0.15) is 13.2 Å². The smallest absolute Gasteiger partial charge is 0.337 e. The molecule has 0 spiro atoms. The van der Waals surface area contributed by atoms with Gasteiger partial charge in [-0.3, -0.25) is 4.79 Å². The number of rotatable bonds is 3. The summed E-state index contributed by atoms with van der Waals surface area (Å²) >= 11 is 1.34. The number of nitrogens with zero attached hydrogens (tertiary/aromatic N) is 2. The van der Waals surface area contributed by atoms with Crippen LogP contribution in [0.25, 0.3) is 10.2 Å². The summed E-state index contributed by atoms with van der Waals surface area (Å²) in [5.41, 5.74) is -0.356. The number of alkyl halides is 3. The van der Waals surface area contributed by atoms with Crippen LogP contribution in [0.2, 0.25) is 0 Å². The molecule has 0 radical (unpaired) electrons. The van der Waals surface area contributed by atoms with Gasteiger partial charge >= 0.3 is 6.18 Å². The minimum absolute atomic E-state index is 0.0687. The zero-order valence-corrected chi connectivity index (χ0v) is 14.0. The van der Waals surface area contributed by atoms with E-state index in [4.69, 9.17) is 0 Å². The lowest BCUT2D eigenvalue weighted by Crippen LogP contribution is -2.52. The molecule has 0 saturated carbocycles. The summed E-state index contributed by atoms with van der Waals surface area (Å²) < 4.78 is 38.9. The SMILES string of the molecule is C[C@H]1CNCCN1C(=O)CCc1nc2cc(C(F)(F)F)ccc2s1. The molecule has 3 rings (SSSR count). The molecule has 0 aliphatic carbocycles. The molecule has 8 heteroatoms. The van der Waals surface area contributed by atoms with Crippen LogP contribution in [0.1, 0.15) is 23.9 Å². The van der Waals surface area contributed by atoms with Crippen molar-refractivity contribution >= 4 is 27.5 Å². The van der Waals surface area contributed by atoms with E-state index in [1.165, 1.54) is 17.4 Å². The average Bonchev–Trinajstić information content (AvgIpc) is 2.94. The lowest BCUT2D eigenvalue weighted by atomic mass is 10.2. The normalized spacial score (nSPS) is 19.0. The van der Waals surface area contributed by atoms with E-state index in [0.29, 0.717) is 34.6 Å². The Labute approximate surface area is 141 Å². The standard InChI is InChI=1S/C16H18F3N3OS/c1-10-9-20-6-7-22(10)15(23)5-4-14-21-12-8-11(16(17,18)19)2-3-13(12)24-14/h2-3,8,10,20H,4-7,9H2,1H3/t10-/m0/s1. The Morgan fingerprint density at radius 1 is 1.46 bits per heavy atom. The second kappa shape index (κ2) is 6.68. The number of carbonyl (C=O) groups excluding carboxylic acids is 1. The van der Waals surface area contributed by atoms with Crippen molar-refractivity contribution in [1.29, 1.82) is 0 Å². The largest absolute Gasteiger partial charge is 0.416 e. The average molecular weight is 357 g/mol. The van der Waals surface area contributed by atoms with Gasteiger partial charge in [0.1, 0.15) is 0 Å². The van der Waals surface area contributed by atoms with E-state index in [1.54, 1.807) is 0 Å². The maximum Gasteiger partial charge on any atom is 0.416 e. The van der Waals surface area contributed by atoms with Crippen LogP contribution < -0.4 is 5.32 Å². The van der Waals surface area contributed by atoms with E-state index in [-0.39, 0.29) is 11.9 Å². The lowest BCUT2D eigenvalue weighted by molar-refractivity contribution is -0.137. The number of halogens is 3. The van der Waals surface area contributed by atoms with Crippen LogP contribution >= 0.6 is 11.3 Å². The highest BCUT2D eigenvalue weighted by Gasteiger charge is 2.30. The van der Waals surface area contributed by atoms with Gasteiger partial charge in [0.25, 0.3) is 0 Å². The van der Waals surface area contributed by atoms with Gasteiger partial charge in [0.15, 0.2) is 0 Å². The molecule has 1 aliphatic heterocycles. The summed E-state index contributed by atoms with van der Waals surface area (Å²) in [7, 11) is 0. The van der Waals surface area contributed by atoms with E-state index in [1.807, 2.05) is 11.8 Å². The van der Waals surface area contributed by atoms with Crippen molar-refractivity contribution in [2.45, 2.75) is 32.0 Å². The Morgan fingerprint density at radius 3 is 2.96 bits per heavy atom. The van der Waals surface area contributed by atoms with Crippen LogP contribution in [-0.2, 0) is 17.4 Å². The third-order valence-corrected chi connectivity index (χ3v) is 5.23. The fourth-order valence-corrected chi connectivity index (χ4v) is 3.77. The molecular formula is C16H18F3N3OS. The van der Waals surface area contributed by atoms with Crippen LogP contribution in [0.3, 0.4) is 0 Å². The molecule has 1 saturated heterocycles. The topological polar surface area (TPSA) is 45.2 Å². The second-order valence-corrected chi connectivity index (χ2v) is 7.04.